The fourth-order valence-corrected chi connectivity index (χ4v) is 10.8. The summed E-state index contributed by atoms with van der Waals surface area (Å²) in [5.41, 5.74) is 5.48. The fourth-order valence-electron chi connectivity index (χ4n) is 9.47. The van der Waals surface area contributed by atoms with Gasteiger partial charge in [-0.2, -0.15) is 0 Å². The maximum absolute atomic E-state index is 12.6. The van der Waals surface area contributed by atoms with Gasteiger partial charge in [0.15, 0.2) is 0 Å². The molecule has 23 heteroatoms. The lowest BCUT2D eigenvalue weighted by atomic mass is 10.1. The molecule has 74 heavy (non-hydrogen) atoms. The molecule has 0 bridgehead atoms. The number of carboxylic acids is 1. The summed E-state index contributed by atoms with van der Waals surface area (Å²) in [6.45, 7) is 6.80. The van der Waals surface area contributed by atoms with Crippen molar-refractivity contribution in [2.45, 2.75) is 18.9 Å². The highest BCUT2D eigenvalue weighted by atomic mass is 32.2. The van der Waals surface area contributed by atoms with E-state index in [1.165, 1.54) is 6.33 Å². The molecule has 0 saturated carbocycles. The molecular weight excluding hydrogens is 983 g/mol. The molecule has 1 atom stereocenters. The zero-order valence-corrected chi connectivity index (χ0v) is 41.3. The van der Waals surface area contributed by atoms with E-state index in [1.807, 2.05) is 48.5 Å². The van der Waals surface area contributed by atoms with Gasteiger partial charge in [0.25, 0.3) is 22.3 Å². The molecule has 0 radical (unpaired) electrons. The highest BCUT2D eigenvalue weighted by Crippen LogP contribution is 2.39. The third kappa shape index (κ3) is 10.0. The Morgan fingerprint density at radius 2 is 1.03 bits per heavy atom. The minimum absolute atomic E-state index is 0.277. The average molecular weight is 1030 g/mol. The third-order valence-corrected chi connectivity index (χ3v) is 14.8. The maximum atomic E-state index is 12.6. The maximum Gasteiger partial charge on any atom is 0.326 e. The van der Waals surface area contributed by atoms with Crippen LogP contribution in [0.25, 0.3) is 50.9 Å². The van der Waals surface area contributed by atoms with Crippen molar-refractivity contribution in [2.24, 2.45) is 0 Å². The van der Waals surface area contributed by atoms with Crippen molar-refractivity contribution in [3.63, 3.8) is 0 Å². The van der Waals surface area contributed by atoms with Crippen LogP contribution in [0.4, 0.5) is 33.0 Å². The summed E-state index contributed by atoms with van der Waals surface area (Å²) < 4.78 is 0. The molecule has 12 rings (SSSR count). The first-order chi connectivity index (χ1) is 36.0. The predicted molar refractivity (Wildman–Crippen MR) is 284 cm³/mol. The van der Waals surface area contributed by atoms with Crippen LogP contribution in [0.2, 0.25) is 0 Å². The molecule has 7 aromatic rings. The molecule has 4 amide bonds. The number of carbonyl (C=O) groups is 5. The van der Waals surface area contributed by atoms with E-state index in [0.717, 1.165) is 126 Å². The van der Waals surface area contributed by atoms with E-state index >= 15 is 0 Å². The Hall–Kier alpha value is -8.41. The summed E-state index contributed by atoms with van der Waals surface area (Å²) in [5.74, 6) is 1.15. The number of nitrogens with zero attached hydrogens (tertiary/aromatic N) is 13. The number of allylic oxidation sites excluding steroid dienone is 1. The molecule has 0 unspecified atom stereocenters. The SMILES string of the molecule is CN1CCN(c2ncnc3ccc(C=C4SC(=O)NC4=O)cc23)CC1.O=C1NC(=O)C(=Cc2ccc3ncnc(N4C(=Cc5ccc6ncnc(N7CCN(c8ncccn8)CC7)c6c5)CC[C@H]4C(=O)O)c3c2)S1. The summed E-state index contributed by atoms with van der Waals surface area (Å²) in [4.78, 5) is 107. The summed E-state index contributed by atoms with van der Waals surface area (Å²) in [6, 6.07) is 18.1. The van der Waals surface area contributed by atoms with Crippen molar-refractivity contribution in [2.75, 3.05) is 79.0 Å². The topological polar surface area (TPSA) is 249 Å². The van der Waals surface area contributed by atoms with Crippen molar-refractivity contribution in [1.29, 1.82) is 0 Å². The Kier molecular flexibility index (Phi) is 13.3. The standard InChI is InChI=1S/C34H28N10O4S.C17H17N5O2S/c45-31-28(49-34(48)41-31)17-21-3-6-26-24(16-21)30(40-19-38-26)44-22(4-7-27(44)32(46)47)14-20-2-5-25-23(15-20)29(39-18-37-25)42-10-12-43(13-11-42)33-35-8-1-9-36-33;1-21-4-6-22(7-5-21)15-12-8-11(2-3-13(12)18-10-19-15)9-14-16(23)20-17(24)25-14/h1-3,5-6,8-9,14-19,27H,4,7,10-13H2,(H,46,47)(H,41,45,48);2-3,8-10H,4-7H2,1H3,(H,20,23,24)/t27-;/m0./s1. The highest BCUT2D eigenvalue weighted by molar-refractivity contribution is 8.18. The van der Waals surface area contributed by atoms with Crippen LogP contribution in [-0.4, -0.2) is 144 Å². The van der Waals surface area contributed by atoms with Crippen LogP contribution in [0.3, 0.4) is 0 Å². The number of carbonyl (C=O) groups excluding carboxylic acids is 4. The number of piperazine rings is 2. The molecule has 0 aliphatic carbocycles. The second-order valence-electron chi connectivity index (χ2n) is 17.8. The molecule has 3 N–H and O–H groups in total. The van der Waals surface area contributed by atoms with Crippen LogP contribution >= 0.6 is 23.5 Å². The molecule has 21 nitrogen and oxygen atoms in total. The Balaban J connectivity index is 0.000000197. The predicted octanol–water partition coefficient (Wildman–Crippen LogP) is 5.81. The van der Waals surface area contributed by atoms with Crippen molar-refractivity contribution < 1.29 is 29.1 Å². The normalized spacial score (nSPS) is 20.1. The summed E-state index contributed by atoms with van der Waals surface area (Å²) in [5, 5.41) is 16.5. The van der Waals surface area contributed by atoms with E-state index in [-0.39, 0.29) is 16.1 Å². The lowest BCUT2D eigenvalue weighted by Gasteiger charge is -2.35. The number of hydrogen-bond donors (Lipinski definition) is 3. The first-order valence-corrected chi connectivity index (χ1v) is 25.3. The van der Waals surface area contributed by atoms with E-state index in [0.29, 0.717) is 46.0 Å². The molecule has 5 saturated heterocycles. The molecule has 5 aliphatic heterocycles. The van der Waals surface area contributed by atoms with Crippen LogP contribution in [0.15, 0.2) is 108 Å². The van der Waals surface area contributed by atoms with Crippen molar-refractivity contribution in [3.8, 4) is 0 Å². The van der Waals surface area contributed by atoms with E-state index in [1.54, 1.807) is 60.3 Å². The molecule has 4 aromatic heterocycles. The van der Waals surface area contributed by atoms with Gasteiger partial charge >= 0.3 is 5.97 Å². The number of likely N-dealkylation sites (N-methyl/N-ethyl adjacent to an activating group) is 1. The van der Waals surface area contributed by atoms with Gasteiger partial charge < -0.3 is 29.6 Å². The van der Waals surface area contributed by atoms with Gasteiger partial charge in [0, 0.05) is 86.6 Å². The number of aliphatic carboxylic acids is 1. The van der Waals surface area contributed by atoms with Gasteiger partial charge in [-0.15, -0.1) is 0 Å². The lowest BCUT2D eigenvalue weighted by Crippen LogP contribution is -2.47. The Labute approximate surface area is 430 Å². The first kappa shape index (κ1) is 47.9. The second-order valence-corrected chi connectivity index (χ2v) is 19.9. The highest BCUT2D eigenvalue weighted by Gasteiger charge is 2.37. The van der Waals surface area contributed by atoms with Crippen molar-refractivity contribution in [3.05, 3.63) is 124 Å². The van der Waals surface area contributed by atoms with Gasteiger partial charge in [0.1, 0.15) is 42.5 Å². The number of nitrogens with one attached hydrogen (secondary N) is 2. The molecule has 5 fully saturated rings. The summed E-state index contributed by atoms with van der Waals surface area (Å²) in [7, 11) is 2.12. The zero-order valence-electron chi connectivity index (χ0n) is 39.7. The van der Waals surface area contributed by atoms with Crippen LogP contribution in [0.5, 0.6) is 0 Å². The van der Waals surface area contributed by atoms with Gasteiger partial charge in [-0.1, -0.05) is 18.2 Å². The fraction of sp³-hybridized carbons (Fsp3) is 0.235. The van der Waals surface area contributed by atoms with E-state index in [4.69, 9.17) is 0 Å². The number of rotatable bonds is 8. The largest absolute Gasteiger partial charge is 0.480 e. The molecular formula is C51H45N15O6S2. The van der Waals surface area contributed by atoms with Gasteiger partial charge in [0.05, 0.1) is 26.4 Å². The summed E-state index contributed by atoms with van der Waals surface area (Å²) in [6.07, 6.45) is 14.4. The van der Waals surface area contributed by atoms with Crippen molar-refractivity contribution >= 4 is 126 Å². The number of anilines is 4. The molecule has 3 aromatic carbocycles. The van der Waals surface area contributed by atoms with E-state index in [9.17, 15) is 29.1 Å². The van der Waals surface area contributed by atoms with Gasteiger partial charge in [0.2, 0.25) is 5.95 Å². The van der Waals surface area contributed by atoms with Crippen molar-refractivity contribution in [1.82, 2.24) is 55.4 Å². The van der Waals surface area contributed by atoms with Gasteiger partial charge in [-0.3, -0.25) is 29.8 Å². The van der Waals surface area contributed by atoms with Crippen LogP contribution in [-0.2, 0) is 14.4 Å². The second kappa shape index (κ2) is 20.6. The number of fused-ring (bicyclic) bond motifs is 3. The monoisotopic (exact) mass is 1030 g/mol. The Bertz CT molecular complexity index is 3510. The number of amides is 4. The summed E-state index contributed by atoms with van der Waals surface area (Å²) >= 11 is 1.75. The van der Waals surface area contributed by atoms with E-state index < -0.39 is 23.2 Å². The first-order valence-electron chi connectivity index (χ1n) is 23.7. The van der Waals surface area contributed by atoms with E-state index in [2.05, 4.69) is 77.2 Å². The third-order valence-electron chi connectivity index (χ3n) is 13.2. The average Bonchev–Trinajstić information content (AvgIpc) is 4.09. The zero-order chi connectivity index (χ0) is 50.9. The number of aromatic nitrogens is 8. The Morgan fingerprint density at radius 1 is 0.581 bits per heavy atom. The number of imide groups is 2. The number of benzene rings is 3. The molecule has 0 spiro atoms. The molecule has 9 heterocycles. The van der Waals surface area contributed by atoms with Crippen LogP contribution < -0.4 is 30.2 Å². The van der Waals surface area contributed by atoms with Gasteiger partial charge in [-0.05, 0) is 121 Å². The number of carboxylic acid groups (broad SMARTS) is 1. The van der Waals surface area contributed by atoms with Crippen LogP contribution in [0.1, 0.15) is 29.5 Å². The lowest BCUT2D eigenvalue weighted by molar-refractivity contribution is -0.138. The van der Waals surface area contributed by atoms with Crippen LogP contribution in [0, 0.1) is 0 Å². The number of thioether (sulfide) groups is 2. The Morgan fingerprint density at radius 3 is 1.50 bits per heavy atom. The minimum Gasteiger partial charge on any atom is -0.480 e. The molecule has 372 valence electrons. The van der Waals surface area contributed by atoms with Gasteiger partial charge in [-0.25, -0.2) is 44.7 Å². The minimum atomic E-state index is -0.958. The smallest absolute Gasteiger partial charge is 0.326 e. The molecule has 5 aliphatic rings. The quantitative estimate of drug-likeness (QED) is 0.152. The number of hydrogen-bond acceptors (Lipinski definition) is 20.